The summed E-state index contributed by atoms with van der Waals surface area (Å²) in [5.41, 5.74) is 2.45. The van der Waals surface area contributed by atoms with Crippen molar-refractivity contribution in [3.05, 3.63) is 34.3 Å². The van der Waals surface area contributed by atoms with E-state index in [9.17, 15) is 4.79 Å². The third-order valence-corrected chi connectivity index (χ3v) is 2.55. The van der Waals surface area contributed by atoms with Gasteiger partial charge in [0.25, 0.3) is 0 Å². The van der Waals surface area contributed by atoms with Crippen LogP contribution in [-0.4, -0.2) is 12.1 Å². The van der Waals surface area contributed by atoms with Gasteiger partial charge in [0, 0.05) is 5.02 Å². The van der Waals surface area contributed by atoms with Gasteiger partial charge in [-0.05, 0) is 36.1 Å². The van der Waals surface area contributed by atoms with Gasteiger partial charge >= 0.3 is 0 Å². The zero-order chi connectivity index (χ0) is 9.26. The highest BCUT2D eigenvalue weighted by atomic mass is 35.5. The zero-order valence-electron chi connectivity index (χ0n) is 6.96. The lowest BCUT2D eigenvalue weighted by Gasteiger charge is -1.96. The predicted molar refractivity (Wildman–Crippen MR) is 50.8 cm³/mol. The van der Waals surface area contributed by atoms with Crippen LogP contribution in [0.2, 0.25) is 5.02 Å². The lowest BCUT2D eigenvalue weighted by Crippen LogP contribution is -2.01. The lowest BCUT2D eigenvalue weighted by molar-refractivity contribution is 0.557. The van der Waals surface area contributed by atoms with Gasteiger partial charge in [0.05, 0.1) is 6.04 Å². The molecule has 66 valence electrons. The van der Waals surface area contributed by atoms with Gasteiger partial charge in [-0.1, -0.05) is 17.7 Å². The summed E-state index contributed by atoms with van der Waals surface area (Å²) in [6, 6.07) is 5.88. The number of hydrogen-bond donors (Lipinski definition) is 0. The van der Waals surface area contributed by atoms with Crippen LogP contribution in [0, 0.1) is 0 Å². The lowest BCUT2D eigenvalue weighted by atomic mass is 10.1. The molecule has 1 unspecified atom stereocenters. The molecular formula is C10H8ClNO. The minimum absolute atomic E-state index is 0.0750. The normalized spacial score (nSPS) is 19.3. The Labute approximate surface area is 81.2 Å². The number of halogens is 1. The van der Waals surface area contributed by atoms with Crippen LogP contribution in [0.4, 0.5) is 0 Å². The second-order valence-corrected chi connectivity index (χ2v) is 3.63. The van der Waals surface area contributed by atoms with Gasteiger partial charge in [-0.3, -0.25) is 0 Å². The Kier molecular flexibility index (Phi) is 2.17. The van der Waals surface area contributed by atoms with Crippen LogP contribution in [0.25, 0.3) is 0 Å². The van der Waals surface area contributed by atoms with E-state index in [0.717, 1.165) is 17.9 Å². The van der Waals surface area contributed by atoms with E-state index in [4.69, 9.17) is 11.6 Å². The maximum Gasteiger partial charge on any atom is 0.235 e. The van der Waals surface area contributed by atoms with E-state index >= 15 is 0 Å². The molecule has 1 aromatic carbocycles. The fourth-order valence-electron chi connectivity index (χ4n) is 1.73. The Morgan fingerprint density at radius 2 is 2.15 bits per heavy atom. The zero-order valence-corrected chi connectivity index (χ0v) is 7.71. The minimum Gasteiger partial charge on any atom is -0.211 e. The number of carbonyl (C=O) groups excluding carboxylic acids is 1. The van der Waals surface area contributed by atoms with E-state index in [2.05, 4.69) is 4.99 Å². The van der Waals surface area contributed by atoms with Crippen molar-refractivity contribution >= 4 is 17.7 Å². The van der Waals surface area contributed by atoms with E-state index in [1.165, 1.54) is 11.1 Å². The number of isocyanates is 1. The molecule has 2 rings (SSSR count). The highest BCUT2D eigenvalue weighted by Crippen LogP contribution is 2.26. The van der Waals surface area contributed by atoms with Crippen LogP contribution in [-0.2, 0) is 17.6 Å². The number of fused-ring (bicyclic) bond motifs is 1. The molecule has 3 heteroatoms. The molecule has 0 amide bonds. The number of rotatable bonds is 1. The summed E-state index contributed by atoms with van der Waals surface area (Å²) in [5, 5.41) is 0.745. The predicted octanol–water partition coefficient (Wildman–Crippen LogP) is 2.14. The highest BCUT2D eigenvalue weighted by molar-refractivity contribution is 6.30. The first-order valence-electron chi connectivity index (χ1n) is 4.14. The number of benzene rings is 1. The van der Waals surface area contributed by atoms with Crippen molar-refractivity contribution in [1.82, 2.24) is 0 Å². The summed E-state index contributed by atoms with van der Waals surface area (Å²) in [5.74, 6) is 0. The first-order valence-corrected chi connectivity index (χ1v) is 4.51. The summed E-state index contributed by atoms with van der Waals surface area (Å²) in [4.78, 5) is 13.8. The Morgan fingerprint density at radius 1 is 1.38 bits per heavy atom. The maximum atomic E-state index is 10.1. The average Bonchev–Trinajstić information content (AvgIpc) is 2.46. The highest BCUT2D eigenvalue weighted by Gasteiger charge is 2.20. The molecule has 0 aliphatic heterocycles. The summed E-state index contributed by atoms with van der Waals surface area (Å²) in [6.07, 6.45) is 3.25. The van der Waals surface area contributed by atoms with Crippen molar-refractivity contribution in [1.29, 1.82) is 0 Å². The van der Waals surface area contributed by atoms with Crippen molar-refractivity contribution in [3.63, 3.8) is 0 Å². The topological polar surface area (TPSA) is 29.4 Å². The van der Waals surface area contributed by atoms with E-state index in [1.807, 2.05) is 18.2 Å². The van der Waals surface area contributed by atoms with Crippen LogP contribution in [0.5, 0.6) is 0 Å². The Hall–Kier alpha value is -1.11. The van der Waals surface area contributed by atoms with Crippen molar-refractivity contribution in [3.8, 4) is 0 Å². The first kappa shape index (κ1) is 8.49. The molecule has 1 atom stereocenters. The van der Waals surface area contributed by atoms with Crippen LogP contribution in [0.3, 0.4) is 0 Å². The van der Waals surface area contributed by atoms with Gasteiger partial charge in [0.2, 0.25) is 6.08 Å². The smallest absolute Gasteiger partial charge is 0.211 e. The Bertz CT molecular complexity index is 383. The fraction of sp³-hybridized carbons (Fsp3) is 0.300. The van der Waals surface area contributed by atoms with Crippen molar-refractivity contribution in [2.75, 3.05) is 0 Å². The number of nitrogens with zero attached hydrogens (tertiary/aromatic N) is 1. The fourth-order valence-corrected chi connectivity index (χ4v) is 1.92. The second-order valence-electron chi connectivity index (χ2n) is 3.20. The molecular weight excluding hydrogens is 186 g/mol. The second kappa shape index (κ2) is 3.33. The Balaban J connectivity index is 2.30. The Morgan fingerprint density at radius 3 is 2.92 bits per heavy atom. The van der Waals surface area contributed by atoms with Crippen LogP contribution < -0.4 is 0 Å². The molecule has 0 aromatic heterocycles. The quantitative estimate of drug-likeness (QED) is 0.496. The van der Waals surface area contributed by atoms with Gasteiger partial charge in [0.1, 0.15) is 0 Å². The molecule has 0 saturated heterocycles. The SMILES string of the molecule is O=C=NC1Cc2ccc(Cl)cc2C1. The summed E-state index contributed by atoms with van der Waals surface area (Å²) in [6.45, 7) is 0. The largest absolute Gasteiger partial charge is 0.235 e. The molecule has 1 aliphatic carbocycles. The van der Waals surface area contributed by atoms with Gasteiger partial charge in [-0.2, -0.15) is 0 Å². The summed E-state index contributed by atoms with van der Waals surface area (Å²) in [7, 11) is 0. The van der Waals surface area contributed by atoms with E-state index < -0.39 is 0 Å². The minimum atomic E-state index is 0.0750. The molecule has 0 spiro atoms. The van der Waals surface area contributed by atoms with E-state index in [1.54, 1.807) is 6.08 Å². The number of aliphatic imine (C=N–C) groups is 1. The molecule has 0 N–H and O–H groups in total. The van der Waals surface area contributed by atoms with Crippen LogP contribution in [0.1, 0.15) is 11.1 Å². The number of hydrogen-bond acceptors (Lipinski definition) is 2. The van der Waals surface area contributed by atoms with Crippen molar-refractivity contribution in [2.24, 2.45) is 4.99 Å². The maximum absolute atomic E-state index is 10.1. The third kappa shape index (κ3) is 1.64. The van der Waals surface area contributed by atoms with Crippen LogP contribution >= 0.6 is 11.6 Å². The molecule has 1 aromatic rings. The monoisotopic (exact) mass is 193 g/mol. The molecule has 13 heavy (non-hydrogen) atoms. The molecule has 0 saturated carbocycles. The molecule has 0 bridgehead atoms. The molecule has 2 nitrogen and oxygen atoms in total. The standard InChI is InChI=1S/C10H8ClNO/c11-9-2-1-7-4-10(12-6-13)5-8(7)3-9/h1-3,10H,4-5H2. The average molecular weight is 194 g/mol. The van der Waals surface area contributed by atoms with Crippen LogP contribution in [0.15, 0.2) is 23.2 Å². The van der Waals surface area contributed by atoms with Crippen molar-refractivity contribution < 1.29 is 4.79 Å². The van der Waals surface area contributed by atoms with E-state index in [0.29, 0.717) is 0 Å². The summed E-state index contributed by atoms with van der Waals surface area (Å²) < 4.78 is 0. The van der Waals surface area contributed by atoms with Crippen molar-refractivity contribution in [2.45, 2.75) is 18.9 Å². The van der Waals surface area contributed by atoms with Gasteiger partial charge in [0.15, 0.2) is 0 Å². The third-order valence-electron chi connectivity index (χ3n) is 2.31. The summed E-state index contributed by atoms with van der Waals surface area (Å²) >= 11 is 5.84. The molecule has 0 fully saturated rings. The van der Waals surface area contributed by atoms with E-state index in [-0.39, 0.29) is 6.04 Å². The molecule has 1 aliphatic rings. The molecule has 0 heterocycles. The van der Waals surface area contributed by atoms with Gasteiger partial charge in [-0.15, -0.1) is 0 Å². The first-order chi connectivity index (χ1) is 6.29. The molecule has 0 radical (unpaired) electrons. The van der Waals surface area contributed by atoms with Gasteiger partial charge in [-0.25, -0.2) is 9.79 Å². The van der Waals surface area contributed by atoms with Gasteiger partial charge < -0.3 is 0 Å².